The van der Waals surface area contributed by atoms with Gasteiger partial charge in [0.2, 0.25) is 11.7 Å². The minimum Gasteiger partial charge on any atom is -0.493 e. The van der Waals surface area contributed by atoms with E-state index >= 15 is 0 Å². The van der Waals surface area contributed by atoms with Crippen molar-refractivity contribution in [1.82, 2.24) is 34.6 Å². The van der Waals surface area contributed by atoms with Crippen LogP contribution in [0.5, 0.6) is 17.2 Å². The fraction of sp³-hybridized carbons (Fsp3) is 0.605. The first-order valence-electron chi connectivity index (χ1n) is 18.7. The number of benzene rings is 1. The van der Waals surface area contributed by atoms with Gasteiger partial charge in [0.05, 0.1) is 63.0 Å². The summed E-state index contributed by atoms with van der Waals surface area (Å²) in [5, 5.41) is 12.5. The van der Waals surface area contributed by atoms with Gasteiger partial charge in [-0.2, -0.15) is 15.1 Å². The highest BCUT2D eigenvalue weighted by Crippen LogP contribution is 2.42. The molecule has 6 rings (SSSR count). The maximum atomic E-state index is 12.5. The smallest absolute Gasteiger partial charge is 0.407 e. The van der Waals surface area contributed by atoms with Crippen LogP contribution in [0.4, 0.5) is 22.4 Å². The molecular formula is C38H57N9O6Si. The predicted molar refractivity (Wildman–Crippen MR) is 212 cm³/mol. The maximum absolute atomic E-state index is 12.5. The standard InChI is InChI=1S/C38H57N9O6Si/c1-23-31-33(46-15-13-14-25(46)21-52-54(11,12)38(5,6)7)42-35(43-34(31)47(44-23)27-16-24(17-27)40-36(48)53-37(2,3)4)41-30-20-45(22-39-30)26-18-28(49-8)32(51-10)29(19-26)50-9/h18-20,22,24-25,27H,13-17,21H2,1-12H3,(H,40,48)(H,41,42,43)/t24-,25-,27-/m0/s1. The van der Waals surface area contributed by atoms with E-state index in [1.807, 2.05) is 55.3 Å². The third kappa shape index (κ3) is 8.09. The van der Waals surface area contributed by atoms with Crippen molar-refractivity contribution >= 4 is 43.0 Å². The third-order valence-electron chi connectivity index (χ3n) is 10.7. The Labute approximate surface area is 319 Å². The molecule has 1 amide bonds. The molecule has 1 aliphatic carbocycles. The molecule has 1 aliphatic heterocycles. The Hall–Kier alpha value is -4.57. The molecule has 4 heterocycles. The topological polar surface area (TPSA) is 152 Å². The zero-order valence-electron chi connectivity index (χ0n) is 33.9. The van der Waals surface area contributed by atoms with Gasteiger partial charge in [-0.25, -0.2) is 14.5 Å². The number of nitrogens with one attached hydrogen (secondary N) is 2. The Bertz CT molecular complexity index is 1950. The number of methoxy groups -OCH3 is 3. The summed E-state index contributed by atoms with van der Waals surface area (Å²) < 4.78 is 32.8. The van der Waals surface area contributed by atoms with Crippen molar-refractivity contribution in [2.45, 2.75) is 116 Å². The number of carbonyl (C=O) groups is 1. The maximum Gasteiger partial charge on any atom is 0.407 e. The molecule has 15 nitrogen and oxygen atoms in total. The summed E-state index contributed by atoms with van der Waals surface area (Å²) in [6.45, 7) is 20.5. The number of fused-ring (bicyclic) bond motifs is 1. The summed E-state index contributed by atoms with van der Waals surface area (Å²) in [5.41, 5.74) is 1.81. The molecule has 2 fully saturated rings. The largest absolute Gasteiger partial charge is 0.493 e. The first-order valence-corrected chi connectivity index (χ1v) is 21.6. The van der Waals surface area contributed by atoms with Crippen LogP contribution in [0, 0.1) is 6.92 Å². The van der Waals surface area contributed by atoms with Crippen LogP contribution in [-0.2, 0) is 9.16 Å². The molecule has 1 saturated heterocycles. The van der Waals surface area contributed by atoms with Gasteiger partial charge in [-0.1, -0.05) is 20.8 Å². The molecule has 4 aromatic rings. The van der Waals surface area contributed by atoms with Crippen LogP contribution in [0.3, 0.4) is 0 Å². The van der Waals surface area contributed by atoms with E-state index in [9.17, 15) is 4.79 Å². The molecule has 0 radical (unpaired) electrons. The zero-order chi connectivity index (χ0) is 39.2. The molecule has 2 aliphatic rings. The Kier molecular flexibility index (Phi) is 10.8. The number of ether oxygens (including phenoxy) is 4. The highest BCUT2D eigenvalue weighted by Gasteiger charge is 2.40. The van der Waals surface area contributed by atoms with Crippen molar-refractivity contribution in [2.24, 2.45) is 0 Å². The van der Waals surface area contributed by atoms with Crippen molar-refractivity contribution in [3.63, 3.8) is 0 Å². The quantitative estimate of drug-likeness (QED) is 0.139. The Morgan fingerprint density at radius 1 is 1.00 bits per heavy atom. The Morgan fingerprint density at radius 2 is 1.69 bits per heavy atom. The van der Waals surface area contributed by atoms with Gasteiger partial charge >= 0.3 is 6.09 Å². The first-order chi connectivity index (χ1) is 25.4. The van der Waals surface area contributed by atoms with Gasteiger partial charge in [0.1, 0.15) is 17.7 Å². The van der Waals surface area contributed by atoms with Gasteiger partial charge < -0.3 is 43.5 Å². The molecule has 0 spiro atoms. The average Bonchev–Trinajstić information content (AvgIpc) is 3.82. The number of imidazole rings is 1. The predicted octanol–water partition coefficient (Wildman–Crippen LogP) is 7.31. The lowest BCUT2D eigenvalue weighted by molar-refractivity contribution is 0.0454. The summed E-state index contributed by atoms with van der Waals surface area (Å²) >= 11 is 0. The summed E-state index contributed by atoms with van der Waals surface area (Å²) in [4.78, 5) is 29.8. The van der Waals surface area contributed by atoms with Gasteiger partial charge in [0.15, 0.2) is 31.3 Å². The second kappa shape index (κ2) is 14.9. The monoisotopic (exact) mass is 763 g/mol. The Morgan fingerprint density at radius 3 is 2.30 bits per heavy atom. The van der Waals surface area contributed by atoms with Crippen LogP contribution in [0.25, 0.3) is 16.7 Å². The second-order valence-corrected chi connectivity index (χ2v) is 21.6. The minimum atomic E-state index is -1.97. The average molecular weight is 764 g/mol. The second-order valence-electron chi connectivity index (χ2n) is 16.8. The Balaban J connectivity index is 1.33. The van der Waals surface area contributed by atoms with Crippen molar-refractivity contribution in [1.29, 1.82) is 0 Å². The van der Waals surface area contributed by atoms with Gasteiger partial charge in [-0.05, 0) is 71.5 Å². The summed E-state index contributed by atoms with van der Waals surface area (Å²) in [6, 6.07) is 3.92. The number of amides is 1. The molecule has 0 bridgehead atoms. The van der Waals surface area contributed by atoms with E-state index in [1.165, 1.54) is 0 Å². The highest BCUT2D eigenvalue weighted by molar-refractivity contribution is 6.74. The lowest BCUT2D eigenvalue weighted by Crippen LogP contribution is -2.47. The molecule has 16 heteroatoms. The molecule has 294 valence electrons. The number of aryl methyl sites for hydroxylation is 1. The van der Waals surface area contributed by atoms with Gasteiger partial charge in [-0.3, -0.25) is 0 Å². The van der Waals surface area contributed by atoms with Gasteiger partial charge in [0.25, 0.3) is 0 Å². The number of anilines is 3. The number of aromatic nitrogens is 6. The number of alkyl carbamates (subject to hydrolysis) is 1. The summed E-state index contributed by atoms with van der Waals surface area (Å²) in [7, 11) is 2.78. The van der Waals surface area contributed by atoms with E-state index in [1.54, 1.807) is 27.7 Å². The van der Waals surface area contributed by atoms with E-state index in [-0.39, 0.29) is 23.2 Å². The SMILES string of the molecule is COc1cc(-n2cnc(Nc3nc(N4CCC[C@H]4CO[Si](C)(C)C(C)(C)C)c4c(C)nn([C@H]5C[C@H](NC(=O)OC(C)(C)C)C5)c4n3)c2)cc(OC)c1OC. The highest BCUT2D eigenvalue weighted by atomic mass is 28.4. The van der Waals surface area contributed by atoms with Crippen molar-refractivity contribution in [2.75, 3.05) is 44.7 Å². The number of hydrogen-bond acceptors (Lipinski definition) is 12. The zero-order valence-corrected chi connectivity index (χ0v) is 34.9. The van der Waals surface area contributed by atoms with Crippen LogP contribution in [0.2, 0.25) is 18.1 Å². The minimum absolute atomic E-state index is 0.0158. The van der Waals surface area contributed by atoms with Crippen LogP contribution in [0.1, 0.15) is 79.0 Å². The molecule has 2 N–H and O–H groups in total. The van der Waals surface area contributed by atoms with Crippen molar-refractivity contribution < 1.29 is 28.2 Å². The number of hydrogen-bond donors (Lipinski definition) is 2. The summed E-state index contributed by atoms with van der Waals surface area (Å²) in [5.74, 6) is 3.38. The van der Waals surface area contributed by atoms with Crippen LogP contribution < -0.4 is 29.7 Å². The molecule has 54 heavy (non-hydrogen) atoms. The van der Waals surface area contributed by atoms with Gasteiger partial charge in [-0.15, -0.1) is 0 Å². The normalized spacial score (nSPS) is 19.1. The number of nitrogens with zero attached hydrogens (tertiary/aromatic N) is 7. The third-order valence-corrected chi connectivity index (χ3v) is 15.3. The van der Waals surface area contributed by atoms with E-state index in [4.69, 9.17) is 38.4 Å². The molecule has 1 aromatic carbocycles. The van der Waals surface area contributed by atoms with Gasteiger partial charge in [0, 0.05) is 24.7 Å². The molecule has 1 saturated carbocycles. The lowest BCUT2D eigenvalue weighted by atomic mass is 9.87. The lowest BCUT2D eigenvalue weighted by Gasteiger charge is -2.38. The number of carbonyl (C=O) groups excluding carboxylic acids is 1. The fourth-order valence-corrected chi connectivity index (χ4v) is 7.79. The van der Waals surface area contributed by atoms with Crippen LogP contribution in [-0.4, -0.2) is 95.9 Å². The molecule has 3 aromatic heterocycles. The summed E-state index contributed by atoms with van der Waals surface area (Å²) in [6.07, 6.45) is 6.63. The number of rotatable bonds is 12. The molecule has 0 unspecified atom stereocenters. The van der Waals surface area contributed by atoms with E-state index < -0.39 is 20.0 Å². The fourth-order valence-electron chi connectivity index (χ4n) is 6.75. The van der Waals surface area contributed by atoms with E-state index in [0.717, 1.165) is 47.6 Å². The van der Waals surface area contributed by atoms with E-state index in [2.05, 4.69) is 54.4 Å². The van der Waals surface area contributed by atoms with Crippen LogP contribution >= 0.6 is 0 Å². The van der Waals surface area contributed by atoms with Crippen molar-refractivity contribution in [3.8, 4) is 22.9 Å². The first kappa shape index (κ1) is 39.1. The molecule has 1 atom stereocenters. The van der Waals surface area contributed by atoms with Crippen LogP contribution in [0.15, 0.2) is 24.7 Å². The van der Waals surface area contributed by atoms with Crippen molar-refractivity contribution in [3.05, 3.63) is 30.4 Å². The van der Waals surface area contributed by atoms with E-state index in [0.29, 0.717) is 48.5 Å². The molecular weight excluding hydrogens is 707 g/mol.